The Hall–Kier alpha value is -2.03. The number of fused-ring (bicyclic) bond motifs is 1. The van der Waals surface area contributed by atoms with Gasteiger partial charge in [0.1, 0.15) is 0 Å². The molecule has 0 bridgehead atoms. The van der Waals surface area contributed by atoms with E-state index in [4.69, 9.17) is 4.98 Å². The summed E-state index contributed by atoms with van der Waals surface area (Å²) in [5, 5.41) is 0. The Morgan fingerprint density at radius 2 is 2.10 bits per heavy atom. The topological polar surface area (TPSA) is 42.9 Å². The Labute approximate surface area is 125 Å². The van der Waals surface area contributed by atoms with E-state index in [1.54, 1.807) is 6.20 Å². The van der Waals surface area contributed by atoms with Gasteiger partial charge in [-0.3, -0.25) is 14.8 Å². The molecule has 0 fully saturated rings. The summed E-state index contributed by atoms with van der Waals surface area (Å²) in [6.45, 7) is 2.18. The minimum Gasteiger partial charge on any atom is -0.294 e. The van der Waals surface area contributed by atoms with Gasteiger partial charge in [-0.25, -0.2) is 0 Å². The number of nitrogens with zero attached hydrogens (tertiary/aromatic N) is 2. The third kappa shape index (κ3) is 2.87. The van der Waals surface area contributed by atoms with Gasteiger partial charge in [-0.2, -0.15) is 0 Å². The first-order valence-corrected chi connectivity index (χ1v) is 7.77. The van der Waals surface area contributed by atoms with Gasteiger partial charge >= 0.3 is 0 Å². The highest BCUT2D eigenvalue weighted by molar-refractivity contribution is 5.99. The summed E-state index contributed by atoms with van der Waals surface area (Å²) in [5.41, 5.74) is 4.82. The molecule has 3 nitrogen and oxygen atoms in total. The van der Waals surface area contributed by atoms with Crippen molar-refractivity contribution in [2.75, 3.05) is 0 Å². The maximum Gasteiger partial charge on any atom is 0.164 e. The first-order chi connectivity index (χ1) is 10.3. The molecule has 2 heterocycles. The van der Waals surface area contributed by atoms with Crippen molar-refractivity contribution < 1.29 is 4.79 Å². The smallest absolute Gasteiger partial charge is 0.164 e. The number of pyridine rings is 2. The predicted molar refractivity (Wildman–Crippen MR) is 83.3 cm³/mol. The molecule has 0 saturated carbocycles. The predicted octanol–water partition coefficient (Wildman–Crippen LogP) is 4.01. The summed E-state index contributed by atoms with van der Waals surface area (Å²) in [4.78, 5) is 21.4. The number of carbonyl (C=O) groups excluding carboxylic acids is 1. The van der Waals surface area contributed by atoms with E-state index in [1.807, 2.05) is 24.3 Å². The number of aryl methyl sites for hydroxylation is 2. The SMILES string of the molecule is CCCCc1nc2c(cc1-c1ccccn1)C(=O)CCC2. The number of aromatic nitrogens is 2. The lowest BCUT2D eigenvalue weighted by Crippen LogP contribution is -2.14. The van der Waals surface area contributed by atoms with Crippen molar-refractivity contribution in [3.05, 3.63) is 47.4 Å². The summed E-state index contributed by atoms with van der Waals surface area (Å²) in [6.07, 6.45) is 7.48. The summed E-state index contributed by atoms with van der Waals surface area (Å²) in [7, 11) is 0. The first kappa shape index (κ1) is 13.9. The molecule has 0 N–H and O–H groups in total. The van der Waals surface area contributed by atoms with E-state index < -0.39 is 0 Å². The van der Waals surface area contributed by atoms with Gasteiger partial charge in [0.05, 0.1) is 17.1 Å². The molecule has 0 atom stereocenters. The monoisotopic (exact) mass is 280 g/mol. The Morgan fingerprint density at radius 3 is 2.86 bits per heavy atom. The van der Waals surface area contributed by atoms with Crippen molar-refractivity contribution in [2.45, 2.75) is 45.4 Å². The lowest BCUT2D eigenvalue weighted by molar-refractivity contribution is 0.0971. The Kier molecular flexibility index (Phi) is 4.09. The van der Waals surface area contributed by atoms with Gasteiger partial charge in [0.15, 0.2) is 5.78 Å². The van der Waals surface area contributed by atoms with E-state index in [0.717, 1.165) is 60.3 Å². The van der Waals surface area contributed by atoms with Crippen LogP contribution in [0.2, 0.25) is 0 Å². The molecule has 2 aromatic heterocycles. The standard InChI is InChI=1S/C18H20N2O/c1-2-3-7-16-13(15-8-4-5-11-19-15)12-14-17(20-16)9-6-10-18(14)21/h4-5,8,11-12H,2-3,6-7,9-10H2,1H3. The fourth-order valence-electron chi connectivity index (χ4n) is 2.86. The number of Topliss-reactive ketones (excluding diaryl/α,β-unsaturated/α-hetero) is 1. The fraction of sp³-hybridized carbons (Fsp3) is 0.389. The van der Waals surface area contributed by atoms with E-state index in [2.05, 4.69) is 11.9 Å². The van der Waals surface area contributed by atoms with Crippen molar-refractivity contribution >= 4 is 5.78 Å². The highest BCUT2D eigenvalue weighted by Crippen LogP contribution is 2.28. The highest BCUT2D eigenvalue weighted by Gasteiger charge is 2.21. The Balaban J connectivity index is 2.11. The maximum atomic E-state index is 12.1. The van der Waals surface area contributed by atoms with Crippen LogP contribution >= 0.6 is 0 Å². The van der Waals surface area contributed by atoms with Gasteiger partial charge in [-0.1, -0.05) is 19.4 Å². The molecule has 0 unspecified atom stereocenters. The number of hydrogen-bond acceptors (Lipinski definition) is 3. The lowest BCUT2D eigenvalue weighted by atomic mass is 9.91. The van der Waals surface area contributed by atoms with Crippen LogP contribution in [-0.2, 0) is 12.8 Å². The van der Waals surface area contributed by atoms with Crippen LogP contribution in [0.15, 0.2) is 30.5 Å². The largest absolute Gasteiger partial charge is 0.294 e. The molecule has 1 aliphatic rings. The summed E-state index contributed by atoms with van der Waals surface area (Å²) in [6, 6.07) is 7.91. The minimum absolute atomic E-state index is 0.225. The van der Waals surface area contributed by atoms with E-state index in [9.17, 15) is 4.79 Å². The molecule has 108 valence electrons. The quantitative estimate of drug-likeness (QED) is 0.850. The van der Waals surface area contributed by atoms with Crippen LogP contribution in [-0.4, -0.2) is 15.8 Å². The molecule has 0 amide bonds. The van der Waals surface area contributed by atoms with Crippen molar-refractivity contribution in [2.24, 2.45) is 0 Å². The number of hydrogen-bond donors (Lipinski definition) is 0. The molecule has 21 heavy (non-hydrogen) atoms. The van der Waals surface area contributed by atoms with Gasteiger partial charge in [-0.05, 0) is 43.9 Å². The first-order valence-electron chi connectivity index (χ1n) is 7.77. The Morgan fingerprint density at radius 1 is 1.19 bits per heavy atom. The molecule has 1 aliphatic carbocycles. The molecule has 0 aliphatic heterocycles. The normalized spacial score (nSPS) is 14.0. The molecule has 2 aromatic rings. The minimum atomic E-state index is 0.225. The number of unbranched alkanes of at least 4 members (excludes halogenated alkanes) is 1. The van der Waals surface area contributed by atoms with Crippen LogP contribution < -0.4 is 0 Å². The Bertz CT molecular complexity index is 650. The molecule has 0 aromatic carbocycles. The lowest BCUT2D eigenvalue weighted by Gasteiger charge is -2.18. The third-order valence-electron chi connectivity index (χ3n) is 4.01. The van der Waals surface area contributed by atoms with Crippen molar-refractivity contribution in [3.63, 3.8) is 0 Å². The molecule has 0 spiro atoms. The van der Waals surface area contributed by atoms with Crippen LogP contribution in [0.4, 0.5) is 0 Å². The van der Waals surface area contributed by atoms with Gasteiger partial charge in [-0.15, -0.1) is 0 Å². The van der Waals surface area contributed by atoms with Crippen LogP contribution in [0, 0.1) is 0 Å². The number of carbonyl (C=O) groups is 1. The van der Waals surface area contributed by atoms with Crippen LogP contribution in [0.5, 0.6) is 0 Å². The molecule has 0 saturated heterocycles. The van der Waals surface area contributed by atoms with Gasteiger partial charge in [0, 0.05) is 23.7 Å². The van der Waals surface area contributed by atoms with Crippen LogP contribution in [0.25, 0.3) is 11.3 Å². The van der Waals surface area contributed by atoms with Crippen LogP contribution in [0.3, 0.4) is 0 Å². The molecule has 3 heteroatoms. The van der Waals surface area contributed by atoms with Gasteiger partial charge in [0.2, 0.25) is 0 Å². The maximum absolute atomic E-state index is 12.1. The van der Waals surface area contributed by atoms with E-state index in [-0.39, 0.29) is 5.78 Å². The zero-order valence-corrected chi connectivity index (χ0v) is 12.4. The summed E-state index contributed by atoms with van der Waals surface area (Å²) in [5.74, 6) is 0.225. The summed E-state index contributed by atoms with van der Waals surface area (Å²) < 4.78 is 0. The molecular weight excluding hydrogens is 260 g/mol. The van der Waals surface area contributed by atoms with Gasteiger partial charge < -0.3 is 0 Å². The van der Waals surface area contributed by atoms with Crippen molar-refractivity contribution in [1.29, 1.82) is 0 Å². The molecule has 3 rings (SSSR count). The fourth-order valence-corrected chi connectivity index (χ4v) is 2.86. The zero-order valence-electron chi connectivity index (χ0n) is 12.4. The average Bonchev–Trinajstić information content (AvgIpc) is 2.53. The molecular formula is C18H20N2O. The summed E-state index contributed by atoms with van der Waals surface area (Å²) >= 11 is 0. The highest BCUT2D eigenvalue weighted by atomic mass is 16.1. The third-order valence-corrected chi connectivity index (χ3v) is 4.01. The second kappa shape index (κ2) is 6.17. The van der Waals surface area contributed by atoms with Crippen molar-refractivity contribution in [3.8, 4) is 11.3 Å². The van der Waals surface area contributed by atoms with Crippen molar-refractivity contribution in [1.82, 2.24) is 9.97 Å². The molecule has 0 radical (unpaired) electrons. The number of rotatable bonds is 4. The zero-order chi connectivity index (χ0) is 14.7. The van der Waals surface area contributed by atoms with E-state index >= 15 is 0 Å². The van der Waals surface area contributed by atoms with Crippen LogP contribution in [0.1, 0.15) is 54.4 Å². The number of ketones is 1. The van der Waals surface area contributed by atoms with Gasteiger partial charge in [0.25, 0.3) is 0 Å². The second-order valence-corrected chi connectivity index (χ2v) is 5.57. The van der Waals surface area contributed by atoms with E-state index in [1.165, 1.54) is 0 Å². The average molecular weight is 280 g/mol. The second-order valence-electron chi connectivity index (χ2n) is 5.57. The van der Waals surface area contributed by atoms with E-state index in [0.29, 0.717) is 6.42 Å².